The number of nitrogens with one attached hydrogen (secondary N) is 1. The lowest BCUT2D eigenvalue weighted by atomic mass is 10.1. The third kappa shape index (κ3) is 6.74. The molecule has 10 heteroatoms. The van der Waals surface area contributed by atoms with Crippen molar-refractivity contribution < 1.29 is 22.4 Å². The molecular formula is C25H32N4O5S. The fraction of sp³-hybridized carbons (Fsp3) is 0.400. The lowest BCUT2D eigenvalue weighted by molar-refractivity contribution is 0.0406. The molecule has 188 valence electrons. The number of aryl methyl sites for hydroxylation is 1. The number of hydrogen-bond donors (Lipinski definition) is 2. The van der Waals surface area contributed by atoms with Gasteiger partial charge in [-0.25, -0.2) is 0 Å². The molecule has 1 aliphatic rings. The summed E-state index contributed by atoms with van der Waals surface area (Å²) in [6.45, 7) is 6.05. The molecule has 0 radical (unpaired) electrons. The second-order valence-electron chi connectivity index (χ2n) is 8.03. The van der Waals surface area contributed by atoms with E-state index in [2.05, 4.69) is 22.9 Å². The SMILES string of the molecule is CCn1c(-c2ccc(NC)cc2)c(C#N)c2ccc(OC)cc21.O=S(=O)(O)CCN1CCOCC1. The van der Waals surface area contributed by atoms with Crippen LogP contribution >= 0.6 is 0 Å². The predicted octanol–water partition coefficient (Wildman–Crippen LogP) is 3.46. The van der Waals surface area contributed by atoms with Gasteiger partial charge >= 0.3 is 0 Å². The highest BCUT2D eigenvalue weighted by molar-refractivity contribution is 7.85. The van der Waals surface area contributed by atoms with Crippen molar-refractivity contribution >= 4 is 26.7 Å². The smallest absolute Gasteiger partial charge is 0.266 e. The zero-order valence-corrected chi connectivity index (χ0v) is 21.1. The van der Waals surface area contributed by atoms with Crippen LogP contribution in [0.15, 0.2) is 42.5 Å². The maximum atomic E-state index is 10.4. The number of anilines is 1. The second-order valence-corrected chi connectivity index (χ2v) is 9.60. The van der Waals surface area contributed by atoms with Crippen molar-refractivity contribution in [3.63, 3.8) is 0 Å². The summed E-state index contributed by atoms with van der Waals surface area (Å²) in [5.41, 5.74) is 4.78. The van der Waals surface area contributed by atoms with Crippen molar-refractivity contribution in [3.8, 4) is 23.1 Å². The van der Waals surface area contributed by atoms with E-state index < -0.39 is 10.1 Å². The topological polar surface area (TPSA) is 117 Å². The first-order valence-electron chi connectivity index (χ1n) is 11.4. The molecule has 0 spiro atoms. The number of morpholine rings is 1. The number of nitriles is 1. The lowest BCUT2D eigenvalue weighted by Gasteiger charge is -2.25. The molecule has 4 rings (SSSR count). The number of ether oxygens (including phenoxy) is 2. The summed E-state index contributed by atoms with van der Waals surface area (Å²) < 4.78 is 41.8. The Bertz CT molecular complexity index is 1270. The van der Waals surface area contributed by atoms with Gasteiger partial charge in [0, 0.05) is 50.4 Å². The summed E-state index contributed by atoms with van der Waals surface area (Å²) in [6, 6.07) is 16.4. The fourth-order valence-electron chi connectivity index (χ4n) is 4.06. The largest absolute Gasteiger partial charge is 0.497 e. The van der Waals surface area contributed by atoms with Gasteiger partial charge in [-0.2, -0.15) is 13.7 Å². The van der Waals surface area contributed by atoms with Crippen molar-refractivity contribution in [2.45, 2.75) is 13.5 Å². The van der Waals surface area contributed by atoms with Crippen LogP contribution in [0.3, 0.4) is 0 Å². The molecule has 0 atom stereocenters. The molecule has 0 saturated carbocycles. The van der Waals surface area contributed by atoms with Crippen molar-refractivity contribution in [2.75, 3.05) is 58.1 Å². The standard InChI is InChI=1S/C19H19N3O.C6H13NO4S/c1-4-22-18-11-15(23-3)9-10-16(18)17(12-20)19(22)13-5-7-14(21-2)8-6-13;8-12(9,10)6-3-7-1-4-11-5-2-7/h5-11,21H,4H2,1-3H3;1-6H2,(H,8,9,10). The first kappa shape index (κ1) is 26.5. The first-order valence-corrected chi connectivity index (χ1v) is 13.1. The molecule has 0 bridgehead atoms. The number of benzene rings is 2. The Morgan fingerprint density at radius 1 is 1.17 bits per heavy atom. The van der Waals surface area contributed by atoms with Gasteiger partial charge < -0.3 is 19.4 Å². The molecule has 2 N–H and O–H groups in total. The molecule has 1 aliphatic heterocycles. The van der Waals surface area contributed by atoms with Gasteiger partial charge in [0.25, 0.3) is 10.1 Å². The highest BCUT2D eigenvalue weighted by atomic mass is 32.2. The van der Waals surface area contributed by atoms with Gasteiger partial charge in [-0.3, -0.25) is 9.45 Å². The van der Waals surface area contributed by atoms with Gasteiger partial charge in [0.2, 0.25) is 0 Å². The van der Waals surface area contributed by atoms with E-state index in [0.717, 1.165) is 53.2 Å². The lowest BCUT2D eigenvalue weighted by Crippen LogP contribution is -2.38. The maximum Gasteiger partial charge on any atom is 0.266 e. The maximum absolute atomic E-state index is 10.4. The van der Waals surface area contributed by atoms with Crippen molar-refractivity contribution in [3.05, 3.63) is 48.0 Å². The average Bonchev–Trinajstić information content (AvgIpc) is 3.20. The van der Waals surface area contributed by atoms with E-state index in [1.165, 1.54) is 0 Å². The summed E-state index contributed by atoms with van der Waals surface area (Å²) >= 11 is 0. The number of methoxy groups -OCH3 is 1. The van der Waals surface area contributed by atoms with Crippen molar-refractivity contribution in [2.24, 2.45) is 0 Å². The molecule has 1 fully saturated rings. The molecular weight excluding hydrogens is 468 g/mol. The summed E-state index contributed by atoms with van der Waals surface area (Å²) in [5, 5.41) is 13.8. The zero-order chi connectivity index (χ0) is 25.4. The van der Waals surface area contributed by atoms with Crippen LogP contribution in [0.5, 0.6) is 5.75 Å². The van der Waals surface area contributed by atoms with Crippen molar-refractivity contribution in [1.29, 1.82) is 5.26 Å². The highest BCUT2D eigenvalue weighted by Crippen LogP contribution is 2.35. The Labute approximate surface area is 206 Å². The van der Waals surface area contributed by atoms with Gasteiger partial charge in [-0.15, -0.1) is 0 Å². The molecule has 2 aromatic carbocycles. The van der Waals surface area contributed by atoms with Crippen LogP contribution < -0.4 is 10.1 Å². The minimum absolute atomic E-state index is 0.188. The Balaban J connectivity index is 0.000000241. The molecule has 0 aliphatic carbocycles. The Hall–Kier alpha value is -3.10. The summed E-state index contributed by atoms with van der Waals surface area (Å²) in [5.74, 6) is 0.610. The third-order valence-electron chi connectivity index (χ3n) is 5.92. The fourth-order valence-corrected chi connectivity index (χ4v) is 4.55. The van der Waals surface area contributed by atoms with E-state index in [1.54, 1.807) is 7.11 Å². The zero-order valence-electron chi connectivity index (χ0n) is 20.3. The van der Waals surface area contributed by atoms with Crippen LogP contribution in [0.2, 0.25) is 0 Å². The Morgan fingerprint density at radius 2 is 1.86 bits per heavy atom. The summed E-state index contributed by atoms with van der Waals surface area (Å²) in [6.07, 6.45) is 0. The highest BCUT2D eigenvalue weighted by Gasteiger charge is 2.18. The number of rotatable bonds is 7. The van der Waals surface area contributed by atoms with Crippen LogP contribution in [-0.2, 0) is 21.4 Å². The molecule has 0 unspecified atom stereocenters. The number of aromatic nitrogens is 1. The molecule has 3 aromatic rings. The quantitative estimate of drug-likeness (QED) is 0.474. The van der Waals surface area contributed by atoms with Crippen LogP contribution in [0.1, 0.15) is 12.5 Å². The van der Waals surface area contributed by atoms with Crippen LogP contribution in [0, 0.1) is 11.3 Å². The average molecular weight is 501 g/mol. The van der Waals surface area contributed by atoms with Crippen molar-refractivity contribution in [1.82, 2.24) is 9.47 Å². The van der Waals surface area contributed by atoms with Crippen LogP contribution in [0.25, 0.3) is 22.2 Å². The third-order valence-corrected chi connectivity index (χ3v) is 6.61. The first-order chi connectivity index (χ1) is 16.8. The van der Waals surface area contributed by atoms with Gasteiger partial charge in [0.15, 0.2) is 0 Å². The molecule has 2 heterocycles. The molecule has 35 heavy (non-hydrogen) atoms. The van der Waals surface area contributed by atoms with Gasteiger partial charge in [-0.1, -0.05) is 12.1 Å². The van der Waals surface area contributed by atoms with E-state index in [9.17, 15) is 13.7 Å². The Kier molecular flexibility index (Phi) is 9.12. The number of hydrogen-bond acceptors (Lipinski definition) is 7. The minimum Gasteiger partial charge on any atom is -0.497 e. The molecule has 9 nitrogen and oxygen atoms in total. The monoisotopic (exact) mass is 500 g/mol. The van der Waals surface area contributed by atoms with E-state index in [-0.39, 0.29) is 5.75 Å². The minimum atomic E-state index is -3.81. The van der Waals surface area contributed by atoms with E-state index in [1.807, 2.05) is 54.4 Å². The normalized spacial score (nSPS) is 14.1. The van der Waals surface area contributed by atoms with E-state index in [0.29, 0.717) is 25.3 Å². The van der Waals surface area contributed by atoms with Crippen LogP contribution in [-0.4, -0.2) is 75.2 Å². The van der Waals surface area contributed by atoms with Gasteiger partial charge in [0.1, 0.15) is 11.8 Å². The predicted molar refractivity (Wildman–Crippen MR) is 138 cm³/mol. The number of nitrogens with zero attached hydrogens (tertiary/aromatic N) is 3. The number of fused-ring (bicyclic) bond motifs is 1. The van der Waals surface area contributed by atoms with Crippen LogP contribution in [0.4, 0.5) is 5.69 Å². The van der Waals surface area contributed by atoms with Gasteiger partial charge in [-0.05, 0) is 36.8 Å². The Morgan fingerprint density at radius 3 is 2.40 bits per heavy atom. The molecule has 1 saturated heterocycles. The molecule has 1 aromatic heterocycles. The molecule has 0 amide bonds. The van der Waals surface area contributed by atoms with E-state index >= 15 is 0 Å². The summed E-state index contributed by atoms with van der Waals surface area (Å²) in [7, 11) is -0.256. The summed E-state index contributed by atoms with van der Waals surface area (Å²) in [4.78, 5) is 1.96. The van der Waals surface area contributed by atoms with E-state index in [4.69, 9.17) is 14.0 Å². The second kappa shape index (κ2) is 12.0. The van der Waals surface area contributed by atoms with Gasteiger partial charge in [0.05, 0.1) is 42.9 Å².